The minimum Gasteiger partial charge on any atom is -0.506 e. The van der Waals surface area contributed by atoms with E-state index in [1.54, 1.807) is 6.07 Å². The van der Waals surface area contributed by atoms with E-state index in [9.17, 15) is 13.5 Å². The van der Waals surface area contributed by atoms with Gasteiger partial charge in [-0.05, 0) is 36.4 Å². The Bertz CT molecular complexity index is 765. The van der Waals surface area contributed by atoms with Crippen LogP contribution in [-0.2, 0) is 10.0 Å². The molecule has 0 radical (unpaired) electrons. The van der Waals surface area contributed by atoms with Crippen LogP contribution in [0.25, 0.3) is 0 Å². The molecule has 20 heavy (non-hydrogen) atoms. The quantitative estimate of drug-likeness (QED) is 0.761. The zero-order valence-electron chi connectivity index (χ0n) is 9.77. The van der Waals surface area contributed by atoms with E-state index in [-0.39, 0.29) is 26.4 Å². The van der Waals surface area contributed by atoms with Crippen LogP contribution in [0, 0.1) is 0 Å². The average molecular weight is 397 g/mol. The van der Waals surface area contributed by atoms with Crippen molar-refractivity contribution in [2.75, 3.05) is 4.72 Å². The first kappa shape index (κ1) is 15.4. The predicted octanol–water partition coefficient (Wildman–Crippen LogP) is 4.26. The van der Waals surface area contributed by atoms with Crippen LogP contribution in [0.15, 0.2) is 45.8 Å². The largest absolute Gasteiger partial charge is 0.506 e. The molecule has 2 aromatic carbocycles. The molecular weight excluding hydrogens is 389 g/mol. The van der Waals surface area contributed by atoms with Crippen molar-refractivity contribution in [3.63, 3.8) is 0 Å². The van der Waals surface area contributed by atoms with E-state index in [0.29, 0.717) is 4.47 Å². The van der Waals surface area contributed by atoms with Gasteiger partial charge in [-0.25, -0.2) is 8.42 Å². The molecule has 0 saturated carbocycles. The molecule has 8 heteroatoms. The summed E-state index contributed by atoms with van der Waals surface area (Å²) in [7, 11) is -3.95. The van der Waals surface area contributed by atoms with Gasteiger partial charge in [0, 0.05) is 9.50 Å². The standard InChI is InChI=1S/C12H8BrCl2NO3S/c13-7-1-4-11(17)10(5-7)16-20(18,19)12-6-8(14)2-3-9(12)15/h1-6,16-17H. The summed E-state index contributed by atoms with van der Waals surface area (Å²) in [6.45, 7) is 0. The van der Waals surface area contributed by atoms with Gasteiger partial charge in [-0.1, -0.05) is 39.1 Å². The average Bonchev–Trinajstić information content (AvgIpc) is 2.36. The molecule has 0 aromatic heterocycles. The zero-order chi connectivity index (χ0) is 14.9. The molecule has 0 atom stereocenters. The third kappa shape index (κ3) is 3.38. The van der Waals surface area contributed by atoms with Gasteiger partial charge in [-0.2, -0.15) is 0 Å². The number of anilines is 1. The Kier molecular flexibility index (Phi) is 4.49. The van der Waals surface area contributed by atoms with Gasteiger partial charge in [0.2, 0.25) is 0 Å². The minimum atomic E-state index is -3.95. The number of aromatic hydroxyl groups is 1. The maximum atomic E-state index is 12.3. The van der Waals surface area contributed by atoms with Crippen LogP contribution in [-0.4, -0.2) is 13.5 Å². The van der Waals surface area contributed by atoms with Crippen LogP contribution >= 0.6 is 39.1 Å². The fraction of sp³-hybridized carbons (Fsp3) is 0. The molecule has 0 saturated heterocycles. The number of hydrogen-bond donors (Lipinski definition) is 2. The SMILES string of the molecule is O=S(=O)(Nc1cc(Br)ccc1O)c1cc(Cl)ccc1Cl. The Balaban J connectivity index is 2.46. The van der Waals surface area contributed by atoms with Crippen LogP contribution in [0.1, 0.15) is 0 Å². The smallest absolute Gasteiger partial charge is 0.263 e. The fourth-order valence-corrected chi connectivity index (χ4v) is 3.66. The van der Waals surface area contributed by atoms with Gasteiger partial charge in [-0.3, -0.25) is 4.72 Å². The lowest BCUT2D eigenvalue weighted by Gasteiger charge is -2.11. The van der Waals surface area contributed by atoms with Crippen molar-refractivity contribution < 1.29 is 13.5 Å². The summed E-state index contributed by atoms with van der Waals surface area (Å²) < 4.78 is 27.4. The normalized spacial score (nSPS) is 11.3. The third-order valence-electron chi connectivity index (χ3n) is 2.39. The highest BCUT2D eigenvalue weighted by Crippen LogP contribution is 2.31. The van der Waals surface area contributed by atoms with Crippen molar-refractivity contribution in [2.24, 2.45) is 0 Å². The van der Waals surface area contributed by atoms with E-state index >= 15 is 0 Å². The van der Waals surface area contributed by atoms with Crippen molar-refractivity contribution in [3.05, 3.63) is 50.9 Å². The Morgan fingerprint density at radius 3 is 2.50 bits per heavy atom. The van der Waals surface area contributed by atoms with Gasteiger partial charge < -0.3 is 5.11 Å². The van der Waals surface area contributed by atoms with Crippen LogP contribution in [0.2, 0.25) is 10.0 Å². The Labute approximate surface area is 134 Å². The molecule has 2 aromatic rings. The first-order valence-electron chi connectivity index (χ1n) is 5.26. The maximum absolute atomic E-state index is 12.3. The van der Waals surface area contributed by atoms with Crippen molar-refractivity contribution >= 4 is 54.8 Å². The summed E-state index contributed by atoms with van der Waals surface area (Å²) in [5.41, 5.74) is 0.0374. The monoisotopic (exact) mass is 395 g/mol. The molecule has 0 amide bonds. The number of hydrogen-bond acceptors (Lipinski definition) is 3. The molecule has 0 unspecified atom stereocenters. The summed E-state index contributed by atoms with van der Waals surface area (Å²) in [6, 6.07) is 8.49. The van der Waals surface area contributed by atoms with Crippen molar-refractivity contribution in [3.8, 4) is 5.75 Å². The second-order valence-corrected chi connectivity index (χ2v) is 7.25. The molecule has 0 fully saturated rings. The van der Waals surface area contributed by atoms with Crippen molar-refractivity contribution in [1.29, 1.82) is 0 Å². The number of phenols is 1. The number of nitrogens with one attached hydrogen (secondary N) is 1. The molecule has 0 aliphatic carbocycles. The lowest BCUT2D eigenvalue weighted by molar-refractivity contribution is 0.477. The van der Waals surface area contributed by atoms with Crippen LogP contribution < -0.4 is 4.72 Å². The highest BCUT2D eigenvalue weighted by molar-refractivity contribution is 9.10. The van der Waals surface area contributed by atoms with Crippen LogP contribution in [0.5, 0.6) is 5.75 Å². The van der Waals surface area contributed by atoms with Gasteiger partial charge in [0.15, 0.2) is 0 Å². The highest BCUT2D eigenvalue weighted by atomic mass is 79.9. The predicted molar refractivity (Wildman–Crippen MR) is 83.1 cm³/mol. The second kappa shape index (κ2) is 5.81. The number of rotatable bonds is 3. The Morgan fingerprint density at radius 2 is 1.80 bits per heavy atom. The molecule has 2 rings (SSSR count). The molecule has 106 valence electrons. The number of phenolic OH excluding ortho intramolecular Hbond substituents is 1. The lowest BCUT2D eigenvalue weighted by Crippen LogP contribution is -2.13. The summed E-state index contributed by atoms with van der Waals surface area (Å²) in [4.78, 5) is -0.161. The first-order valence-corrected chi connectivity index (χ1v) is 8.29. The molecule has 2 N–H and O–H groups in total. The van der Waals surface area contributed by atoms with E-state index in [1.165, 1.54) is 30.3 Å². The van der Waals surface area contributed by atoms with Gasteiger partial charge in [0.05, 0.1) is 10.7 Å². The summed E-state index contributed by atoms with van der Waals surface area (Å²) in [5, 5.41) is 9.94. The Hall–Kier alpha value is -0.950. The summed E-state index contributed by atoms with van der Waals surface area (Å²) in [5.74, 6) is -0.199. The molecule has 4 nitrogen and oxygen atoms in total. The van der Waals surface area contributed by atoms with Crippen molar-refractivity contribution in [1.82, 2.24) is 0 Å². The number of benzene rings is 2. The second-order valence-electron chi connectivity index (χ2n) is 3.84. The lowest BCUT2D eigenvalue weighted by atomic mass is 10.3. The summed E-state index contributed by atoms with van der Waals surface area (Å²) >= 11 is 14.8. The first-order chi connectivity index (χ1) is 9.29. The third-order valence-corrected chi connectivity index (χ3v) is 4.96. The van der Waals surface area contributed by atoms with E-state index in [0.717, 1.165) is 0 Å². The molecule has 0 aliphatic rings. The fourth-order valence-electron chi connectivity index (χ4n) is 1.47. The topological polar surface area (TPSA) is 66.4 Å². The molecular formula is C12H8BrCl2NO3S. The minimum absolute atomic E-state index is 0.0374. The van der Waals surface area contributed by atoms with E-state index in [2.05, 4.69) is 20.7 Å². The van der Waals surface area contributed by atoms with Gasteiger partial charge in [0.25, 0.3) is 10.0 Å². The van der Waals surface area contributed by atoms with Gasteiger partial charge in [-0.15, -0.1) is 0 Å². The zero-order valence-corrected chi connectivity index (χ0v) is 13.7. The molecule has 0 aliphatic heterocycles. The van der Waals surface area contributed by atoms with E-state index < -0.39 is 10.0 Å². The highest BCUT2D eigenvalue weighted by Gasteiger charge is 2.20. The molecule has 0 spiro atoms. The molecule has 0 bridgehead atoms. The number of halogens is 3. The van der Waals surface area contributed by atoms with Crippen LogP contribution in [0.4, 0.5) is 5.69 Å². The Morgan fingerprint density at radius 1 is 1.10 bits per heavy atom. The van der Waals surface area contributed by atoms with Gasteiger partial charge in [0.1, 0.15) is 10.6 Å². The maximum Gasteiger partial charge on any atom is 0.263 e. The molecule has 0 heterocycles. The number of sulfonamides is 1. The summed E-state index contributed by atoms with van der Waals surface area (Å²) in [6.07, 6.45) is 0. The van der Waals surface area contributed by atoms with Crippen molar-refractivity contribution in [2.45, 2.75) is 4.90 Å². The van der Waals surface area contributed by atoms with E-state index in [4.69, 9.17) is 23.2 Å². The van der Waals surface area contributed by atoms with E-state index in [1.807, 2.05) is 0 Å². The van der Waals surface area contributed by atoms with Crippen LogP contribution in [0.3, 0.4) is 0 Å². The van der Waals surface area contributed by atoms with Gasteiger partial charge >= 0.3 is 0 Å².